The Kier molecular flexibility index (Phi) is 5.76. The molecule has 116 valence electrons. The lowest BCUT2D eigenvalue weighted by molar-refractivity contribution is -0.131. The van der Waals surface area contributed by atoms with Crippen LogP contribution in [0.5, 0.6) is 0 Å². The lowest BCUT2D eigenvalue weighted by Gasteiger charge is -2.36. The Bertz CT molecular complexity index is 292. The zero-order chi connectivity index (χ0) is 14.4. The Morgan fingerprint density at radius 2 is 1.60 bits per heavy atom. The molecule has 1 aliphatic heterocycles. The molecule has 1 heterocycles. The number of hydrogen-bond donors (Lipinski definition) is 0. The van der Waals surface area contributed by atoms with Gasteiger partial charge in [-0.1, -0.05) is 20.8 Å². The van der Waals surface area contributed by atoms with Gasteiger partial charge in [0.25, 0.3) is 0 Å². The van der Waals surface area contributed by atoms with Crippen LogP contribution >= 0.6 is 0 Å². The first-order chi connectivity index (χ1) is 9.55. The fourth-order valence-electron chi connectivity index (χ4n) is 3.15. The first-order valence-corrected chi connectivity index (χ1v) is 8.13. The molecule has 0 aromatic rings. The molecule has 20 heavy (non-hydrogen) atoms. The summed E-state index contributed by atoms with van der Waals surface area (Å²) in [6.45, 7) is 7.85. The fourth-order valence-corrected chi connectivity index (χ4v) is 3.15. The van der Waals surface area contributed by atoms with Gasteiger partial charge in [0.1, 0.15) is 12.5 Å². The Balaban J connectivity index is 1.61. The summed E-state index contributed by atoms with van der Waals surface area (Å²) in [5, 5.41) is 0. The van der Waals surface area contributed by atoms with Crippen molar-refractivity contribution in [3.05, 3.63) is 12.5 Å². The molecule has 0 aromatic heterocycles. The van der Waals surface area contributed by atoms with Crippen LogP contribution in [0.4, 0.5) is 0 Å². The fraction of sp³-hybridized carbons (Fsp3) is 0.882. The highest BCUT2D eigenvalue weighted by Crippen LogP contribution is 2.38. The minimum atomic E-state index is -0.0692. The maximum Gasteiger partial charge on any atom is 0.199 e. The molecule has 3 nitrogen and oxygen atoms in total. The van der Waals surface area contributed by atoms with Crippen molar-refractivity contribution in [1.82, 2.24) is 0 Å². The third-order valence-electron chi connectivity index (χ3n) is 4.59. The van der Waals surface area contributed by atoms with Crippen molar-refractivity contribution in [2.75, 3.05) is 6.61 Å². The molecule has 3 heteroatoms. The summed E-state index contributed by atoms with van der Waals surface area (Å²) in [6, 6.07) is 0. The number of hydrogen-bond acceptors (Lipinski definition) is 3. The molecule has 0 N–H and O–H groups in total. The topological polar surface area (TPSA) is 27.7 Å². The van der Waals surface area contributed by atoms with Crippen LogP contribution in [0.3, 0.4) is 0 Å². The van der Waals surface area contributed by atoms with Crippen molar-refractivity contribution < 1.29 is 14.2 Å². The highest BCUT2D eigenvalue weighted by atomic mass is 16.7. The normalized spacial score (nSPS) is 32.2. The van der Waals surface area contributed by atoms with Crippen molar-refractivity contribution in [3.63, 3.8) is 0 Å². The largest absolute Gasteiger partial charge is 0.495 e. The number of rotatable bonds is 4. The van der Waals surface area contributed by atoms with Gasteiger partial charge in [0, 0.05) is 6.42 Å². The van der Waals surface area contributed by atoms with Crippen molar-refractivity contribution in [2.45, 2.75) is 78.1 Å². The van der Waals surface area contributed by atoms with Gasteiger partial charge in [-0.05, 0) is 49.9 Å². The van der Waals surface area contributed by atoms with Crippen LogP contribution in [-0.2, 0) is 14.2 Å². The molecule has 1 saturated carbocycles. The first kappa shape index (κ1) is 15.7. The van der Waals surface area contributed by atoms with Crippen LogP contribution < -0.4 is 0 Å². The lowest BCUT2D eigenvalue weighted by atomic mass is 9.72. The average Bonchev–Trinajstić information content (AvgIpc) is 2.44. The highest BCUT2D eigenvalue weighted by molar-refractivity contribution is 4.82. The molecule has 1 atom stereocenters. The average molecular weight is 282 g/mol. The van der Waals surface area contributed by atoms with E-state index in [0.29, 0.717) is 11.5 Å². The van der Waals surface area contributed by atoms with Crippen LogP contribution in [0, 0.1) is 11.3 Å². The molecule has 0 spiro atoms. The Morgan fingerprint density at radius 3 is 2.20 bits per heavy atom. The molecular formula is C17H30O3. The Morgan fingerprint density at radius 1 is 0.900 bits per heavy atom. The maximum absolute atomic E-state index is 5.77. The summed E-state index contributed by atoms with van der Waals surface area (Å²) in [5.74, 6) is 0.832. The molecule has 0 radical (unpaired) electrons. The second kappa shape index (κ2) is 7.35. The zero-order valence-electron chi connectivity index (χ0n) is 13.3. The van der Waals surface area contributed by atoms with Crippen LogP contribution in [0.25, 0.3) is 0 Å². The smallest absolute Gasteiger partial charge is 0.199 e. The summed E-state index contributed by atoms with van der Waals surface area (Å²) < 4.78 is 16.8. The van der Waals surface area contributed by atoms with Gasteiger partial charge < -0.3 is 14.2 Å². The second-order valence-corrected chi connectivity index (χ2v) is 7.18. The SMILES string of the molecule is CC(C)(C)C1CCC(O/C=C/OC2CCCCO2)CC1. The third kappa shape index (κ3) is 5.01. The van der Waals surface area contributed by atoms with E-state index < -0.39 is 0 Å². The van der Waals surface area contributed by atoms with Crippen LogP contribution in [-0.4, -0.2) is 19.0 Å². The summed E-state index contributed by atoms with van der Waals surface area (Å²) in [7, 11) is 0. The standard InChI is InChI=1S/C17H30O3/c1-17(2,3)14-7-9-15(10-8-14)18-12-13-20-16-6-4-5-11-19-16/h12-16H,4-11H2,1-3H3/b13-12+. The zero-order valence-corrected chi connectivity index (χ0v) is 13.3. The Hall–Kier alpha value is -0.700. The van der Waals surface area contributed by atoms with Gasteiger partial charge in [0.15, 0.2) is 6.29 Å². The molecule has 2 fully saturated rings. The third-order valence-corrected chi connectivity index (χ3v) is 4.59. The summed E-state index contributed by atoms with van der Waals surface area (Å²) in [6.07, 6.45) is 11.8. The molecule has 1 unspecified atom stereocenters. The Labute approximate surface area is 123 Å². The van der Waals surface area contributed by atoms with E-state index in [1.807, 2.05) is 0 Å². The van der Waals surface area contributed by atoms with Gasteiger partial charge in [-0.3, -0.25) is 0 Å². The monoisotopic (exact) mass is 282 g/mol. The molecule has 0 amide bonds. The van der Waals surface area contributed by atoms with E-state index in [2.05, 4.69) is 20.8 Å². The highest BCUT2D eigenvalue weighted by Gasteiger charge is 2.29. The molecule has 2 aliphatic rings. The van der Waals surface area contributed by atoms with Crippen molar-refractivity contribution in [2.24, 2.45) is 11.3 Å². The maximum atomic E-state index is 5.77. The quantitative estimate of drug-likeness (QED) is 0.704. The van der Waals surface area contributed by atoms with E-state index in [1.165, 1.54) is 19.3 Å². The van der Waals surface area contributed by atoms with Gasteiger partial charge in [0.05, 0.1) is 12.7 Å². The van der Waals surface area contributed by atoms with E-state index in [-0.39, 0.29) is 6.29 Å². The minimum absolute atomic E-state index is 0.0692. The van der Waals surface area contributed by atoms with Crippen molar-refractivity contribution in [3.8, 4) is 0 Å². The summed E-state index contributed by atoms with van der Waals surface area (Å²) in [5.41, 5.74) is 0.433. The number of ether oxygens (including phenoxy) is 3. The van der Waals surface area contributed by atoms with E-state index >= 15 is 0 Å². The van der Waals surface area contributed by atoms with Gasteiger partial charge >= 0.3 is 0 Å². The minimum Gasteiger partial charge on any atom is -0.495 e. The van der Waals surface area contributed by atoms with Crippen LogP contribution in [0.1, 0.15) is 65.7 Å². The van der Waals surface area contributed by atoms with Crippen molar-refractivity contribution >= 4 is 0 Å². The summed E-state index contributed by atoms with van der Waals surface area (Å²) >= 11 is 0. The molecular weight excluding hydrogens is 252 g/mol. The van der Waals surface area contributed by atoms with E-state index in [0.717, 1.165) is 38.2 Å². The molecule has 0 bridgehead atoms. The van der Waals surface area contributed by atoms with Crippen molar-refractivity contribution in [1.29, 1.82) is 0 Å². The second-order valence-electron chi connectivity index (χ2n) is 7.18. The molecule has 0 aromatic carbocycles. The van der Waals surface area contributed by atoms with Gasteiger partial charge in [-0.15, -0.1) is 0 Å². The molecule has 1 saturated heterocycles. The molecule has 2 rings (SSSR count). The van der Waals surface area contributed by atoms with Gasteiger partial charge in [0.2, 0.25) is 0 Å². The first-order valence-electron chi connectivity index (χ1n) is 8.13. The van der Waals surface area contributed by atoms with Gasteiger partial charge in [-0.25, -0.2) is 0 Å². The predicted molar refractivity (Wildman–Crippen MR) is 80.1 cm³/mol. The predicted octanol–water partition coefficient (Wildman–Crippen LogP) is 4.62. The van der Waals surface area contributed by atoms with E-state index in [9.17, 15) is 0 Å². The van der Waals surface area contributed by atoms with Crippen LogP contribution in [0.15, 0.2) is 12.5 Å². The lowest BCUT2D eigenvalue weighted by Crippen LogP contribution is -2.28. The van der Waals surface area contributed by atoms with E-state index in [1.54, 1.807) is 12.5 Å². The molecule has 1 aliphatic carbocycles. The van der Waals surface area contributed by atoms with E-state index in [4.69, 9.17) is 14.2 Å². The van der Waals surface area contributed by atoms with Gasteiger partial charge in [-0.2, -0.15) is 0 Å². The van der Waals surface area contributed by atoms with Crippen LogP contribution in [0.2, 0.25) is 0 Å². The summed E-state index contributed by atoms with van der Waals surface area (Å²) in [4.78, 5) is 0.